The van der Waals surface area contributed by atoms with Crippen LogP contribution in [0.2, 0.25) is 0 Å². The molecule has 6 aromatic carbocycles. The van der Waals surface area contributed by atoms with Gasteiger partial charge in [0, 0.05) is 76.0 Å². The molecule has 0 fully saturated rings. The number of carbonyl (C=O) groups excluding carboxylic acids is 1. The third kappa shape index (κ3) is 19.0. The minimum atomic E-state index is -4.74. The summed E-state index contributed by atoms with van der Waals surface area (Å²) in [5.74, 6) is -0.876. The number of hydrogen-bond acceptors (Lipinski definition) is 25. The molecule has 88 heavy (non-hydrogen) atoms. The van der Waals surface area contributed by atoms with Crippen molar-refractivity contribution in [1.82, 2.24) is 0 Å². The molecule has 0 aliphatic rings. The summed E-state index contributed by atoms with van der Waals surface area (Å²) in [4.78, 5) is 16.0. The van der Waals surface area contributed by atoms with Crippen LogP contribution in [0.3, 0.4) is 0 Å². The molecule has 2 amide bonds. The van der Waals surface area contributed by atoms with Crippen LogP contribution in [0.5, 0.6) is 34.5 Å². The number of anilines is 4. The summed E-state index contributed by atoms with van der Waals surface area (Å²) in [7, 11) is -6.10. The molecule has 6 rings (SSSR count). The predicted molar refractivity (Wildman–Crippen MR) is 325 cm³/mol. The third-order valence-corrected chi connectivity index (χ3v) is 15.6. The second kappa shape index (κ2) is 29.1. The number of aryl methyl sites for hydroxylation is 2. The van der Waals surface area contributed by atoms with E-state index in [-0.39, 0.29) is 117 Å². The van der Waals surface area contributed by atoms with Gasteiger partial charge in [0.15, 0.2) is 0 Å². The molecule has 0 atom stereocenters. The van der Waals surface area contributed by atoms with Crippen molar-refractivity contribution in [2.24, 2.45) is 40.9 Å². The van der Waals surface area contributed by atoms with Crippen molar-refractivity contribution in [2.45, 2.75) is 36.5 Å². The Balaban J connectivity index is 1.26. The van der Waals surface area contributed by atoms with Gasteiger partial charge in [0.1, 0.15) is 78.4 Å². The summed E-state index contributed by atoms with van der Waals surface area (Å²) in [6.07, 6.45) is -0.269. The molecule has 6 N–H and O–H groups in total. The number of rotatable bonds is 28. The Morgan fingerprint density at radius 1 is 0.420 bits per heavy atom. The van der Waals surface area contributed by atoms with Crippen molar-refractivity contribution < 1.29 is 85.1 Å². The fraction of sp³-hybridized carbons (Fsp3) is 0.302. The average Bonchev–Trinajstić information content (AvgIpc) is 2.52. The van der Waals surface area contributed by atoms with Crippen LogP contribution in [0.15, 0.2) is 136 Å². The van der Waals surface area contributed by atoms with E-state index < -0.39 is 67.8 Å². The van der Waals surface area contributed by atoms with Crippen LogP contribution in [0.4, 0.5) is 73.0 Å². The molecule has 35 heteroatoms. The molecule has 0 saturated carbocycles. The van der Waals surface area contributed by atoms with E-state index in [0.29, 0.717) is 22.5 Å². The van der Waals surface area contributed by atoms with Gasteiger partial charge in [-0.05, 0) is 86.3 Å². The van der Waals surface area contributed by atoms with E-state index in [9.17, 15) is 56.7 Å². The van der Waals surface area contributed by atoms with Gasteiger partial charge in [-0.3, -0.25) is 18.2 Å². The summed E-state index contributed by atoms with van der Waals surface area (Å²) < 4.78 is 168. The highest BCUT2D eigenvalue weighted by Gasteiger charge is 2.22. The van der Waals surface area contributed by atoms with Gasteiger partial charge in [-0.25, -0.2) is 4.79 Å². The van der Waals surface area contributed by atoms with E-state index >= 15 is 0 Å². The molecule has 6 aromatic rings. The largest absolute Gasteiger partial charge is 0.494 e. The molecular weight excluding hydrogens is 1240 g/mol. The van der Waals surface area contributed by atoms with Gasteiger partial charge in [0.25, 0.3) is 40.5 Å². The monoisotopic (exact) mass is 1300 g/mol. The lowest BCUT2D eigenvalue weighted by atomic mass is 10.1. The Kier molecular flexibility index (Phi) is 22.6. The zero-order valence-corrected chi connectivity index (χ0v) is 52.1. The van der Waals surface area contributed by atoms with Crippen molar-refractivity contribution in [1.29, 1.82) is 0 Å². The van der Waals surface area contributed by atoms with E-state index in [4.69, 9.17) is 28.4 Å². The van der Waals surface area contributed by atoms with Crippen LogP contribution in [0.25, 0.3) is 0 Å². The molecule has 0 heterocycles. The molecule has 0 saturated heterocycles. The van der Waals surface area contributed by atoms with Gasteiger partial charge < -0.3 is 48.9 Å². The van der Waals surface area contributed by atoms with Crippen LogP contribution >= 0.6 is 0 Å². The Labute approximate surface area is 507 Å². The topological polar surface area (TPSA) is 419 Å². The number of hydrogen-bond donors (Lipinski definition) is 6. The molecule has 0 aromatic heterocycles. The zero-order valence-electron chi connectivity index (χ0n) is 48.8. The molecule has 0 radical (unpaired) electrons. The van der Waals surface area contributed by atoms with Gasteiger partial charge in [-0.2, -0.15) is 43.9 Å². The van der Waals surface area contributed by atoms with Crippen molar-refractivity contribution in [3.63, 3.8) is 0 Å². The number of benzene rings is 6. The second-order valence-electron chi connectivity index (χ2n) is 19.1. The van der Waals surface area contributed by atoms with Gasteiger partial charge >= 0.3 is 6.03 Å². The number of azo groups is 4. The van der Waals surface area contributed by atoms with Crippen molar-refractivity contribution in [2.75, 3.05) is 102 Å². The first-order valence-electron chi connectivity index (χ1n) is 25.6. The Bertz CT molecular complexity index is 3920. The quantitative estimate of drug-likeness (QED) is 0.0151. The molecule has 31 nitrogen and oxygen atoms in total. The van der Waals surface area contributed by atoms with Crippen molar-refractivity contribution >= 4 is 115 Å². The average molecular weight is 1300 g/mol. The molecular formula is C53H62N12O19S4. The second-order valence-corrected chi connectivity index (χ2v) is 25.0. The van der Waals surface area contributed by atoms with Crippen LogP contribution in [0, 0.1) is 13.8 Å². The summed E-state index contributed by atoms with van der Waals surface area (Å²) in [5, 5.41) is 39.4. The minimum absolute atomic E-state index is 0.0146. The summed E-state index contributed by atoms with van der Waals surface area (Å²) in [5.41, 5.74) is 2.31. The van der Waals surface area contributed by atoms with E-state index in [1.165, 1.54) is 101 Å². The van der Waals surface area contributed by atoms with E-state index in [1.54, 1.807) is 64.0 Å². The number of amides is 2. The molecule has 0 unspecified atom stereocenters. The summed E-state index contributed by atoms with van der Waals surface area (Å²) in [6.45, 7) is 2.81. The number of methoxy groups -OCH3 is 4. The lowest BCUT2D eigenvalue weighted by molar-refractivity contribution is 0.262. The fourth-order valence-electron chi connectivity index (χ4n) is 7.74. The van der Waals surface area contributed by atoms with Crippen LogP contribution < -0.4 is 48.9 Å². The minimum Gasteiger partial charge on any atom is -0.494 e. The predicted octanol–water partition coefficient (Wildman–Crippen LogP) is 11.6. The van der Waals surface area contributed by atoms with Crippen molar-refractivity contribution in [3.8, 4) is 34.5 Å². The number of urea groups is 1. The fourth-order valence-corrected chi connectivity index (χ4v) is 9.99. The SMILES string of the molecule is COc1cc(NC(=O)Nc2cc(OC)c(N=Nc3cc(C)c(N=Nc4ccc(N(C)C)cc4S(=O)(=O)O)cc3OCCCS(=O)(=O)O)cc2OC)c(OC)cc1N=Nc1cc(C)c(N=Nc2ccc(N(C)C)cc2S(=O)(=O)O)cc1OCCCS(=O)(=O)O. The van der Waals surface area contributed by atoms with Gasteiger partial charge in [0.2, 0.25) is 0 Å². The van der Waals surface area contributed by atoms with Gasteiger partial charge in [-0.15, -0.1) is 30.7 Å². The van der Waals surface area contributed by atoms with E-state index in [1.807, 2.05) is 0 Å². The lowest BCUT2D eigenvalue weighted by Crippen LogP contribution is -2.20. The Morgan fingerprint density at radius 2 is 0.727 bits per heavy atom. The molecule has 0 aliphatic carbocycles. The maximum atomic E-state index is 13.8. The number of carbonyl (C=O) groups is 1. The third-order valence-electron chi connectivity index (χ3n) is 12.2. The Hall–Kier alpha value is -8.97. The van der Waals surface area contributed by atoms with E-state index in [2.05, 4.69) is 51.5 Å². The highest BCUT2D eigenvalue weighted by molar-refractivity contribution is 7.86. The maximum Gasteiger partial charge on any atom is 0.323 e. The first-order chi connectivity index (χ1) is 41.3. The number of ether oxygens (including phenoxy) is 6. The van der Waals surface area contributed by atoms with Gasteiger partial charge in [0.05, 0.1) is 75.9 Å². The zero-order chi connectivity index (χ0) is 64.9. The maximum absolute atomic E-state index is 13.8. The van der Waals surface area contributed by atoms with E-state index in [0.717, 1.165) is 0 Å². The summed E-state index contributed by atoms with van der Waals surface area (Å²) in [6, 6.07) is 18.9. The lowest BCUT2D eigenvalue weighted by Gasteiger charge is -2.16. The standard InChI is InChI=1S/C53H62N12O19S4/c1-31-21-41(49(83-17-11-19-85(67,68)69)25-37(31)58-56-35-15-13-33(64(3)4)23-51(35)87(73,74)75)60-62-43-29-45(79-7)39(27-47(43)81-9)54-53(66)55-40-28-48(82-10)44(30-46(40)80-8)63-61-42-22-32(2)38(26-50(42)84-18-12-20-86(70,71)72)59-57-36-16-14-34(65(5)6)24-52(36)88(76,77)78/h13-16,21-30H,11-12,17-20H2,1-10H3,(H2,54,55,66)(H,67,68,69)(H,70,71,72)(H,73,74,75)(H,76,77,78). The highest BCUT2D eigenvalue weighted by Crippen LogP contribution is 2.45. The molecule has 0 bridgehead atoms. The Morgan fingerprint density at radius 3 is 1.03 bits per heavy atom. The molecule has 0 spiro atoms. The van der Waals surface area contributed by atoms with Crippen LogP contribution in [0.1, 0.15) is 24.0 Å². The van der Waals surface area contributed by atoms with Crippen LogP contribution in [-0.2, 0) is 40.5 Å². The van der Waals surface area contributed by atoms with Crippen LogP contribution in [-0.4, -0.2) is 139 Å². The van der Waals surface area contributed by atoms with Gasteiger partial charge in [-0.1, -0.05) is 0 Å². The number of nitrogens with one attached hydrogen (secondary N) is 2. The first-order valence-corrected chi connectivity index (χ1v) is 31.7. The molecule has 472 valence electrons. The van der Waals surface area contributed by atoms with Crippen molar-refractivity contribution in [3.05, 3.63) is 96.1 Å². The highest BCUT2D eigenvalue weighted by atomic mass is 32.2. The smallest absolute Gasteiger partial charge is 0.323 e. The number of nitrogens with zero attached hydrogens (tertiary/aromatic N) is 10. The summed E-state index contributed by atoms with van der Waals surface area (Å²) >= 11 is 0. The molecule has 0 aliphatic heterocycles. The normalized spacial score (nSPS) is 12.2. The first kappa shape index (κ1) is 68.1.